The Morgan fingerprint density at radius 1 is 1.31 bits per heavy atom. The van der Waals surface area contributed by atoms with Crippen LogP contribution < -0.4 is 10.2 Å². The first kappa shape index (κ1) is 12.9. The van der Waals surface area contributed by atoms with Crippen molar-refractivity contribution in [2.45, 2.75) is 26.8 Å². The highest BCUT2D eigenvalue weighted by atomic mass is 15.2. The first-order valence-electron chi connectivity index (χ1n) is 5.80. The van der Waals surface area contributed by atoms with Crippen LogP contribution in [0.4, 0.5) is 5.82 Å². The van der Waals surface area contributed by atoms with Crippen molar-refractivity contribution in [2.75, 3.05) is 25.5 Å². The van der Waals surface area contributed by atoms with E-state index < -0.39 is 0 Å². The van der Waals surface area contributed by atoms with Gasteiger partial charge in [0.15, 0.2) is 0 Å². The topological polar surface area (TPSA) is 41.1 Å². The van der Waals surface area contributed by atoms with Crippen LogP contribution in [0.5, 0.6) is 0 Å². The normalized spacial score (nSPS) is 10.8. The Hall–Kier alpha value is -1.16. The minimum absolute atomic E-state index is 0.721. The molecule has 0 saturated heterocycles. The Morgan fingerprint density at radius 3 is 2.56 bits per heavy atom. The molecule has 0 spiro atoms. The van der Waals surface area contributed by atoms with E-state index in [0.29, 0.717) is 0 Å². The van der Waals surface area contributed by atoms with Crippen molar-refractivity contribution in [3.63, 3.8) is 0 Å². The number of anilines is 1. The summed E-state index contributed by atoms with van der Waals surface area (Å²) in [5.74, 6) is 1.67. The second-order valence-corrected chi connectivity index (χ2v) is 4.50. The molecule has 0 aromatic carbocycles. The zero-order chi connectivity index (χ0) is 12.0. The van der Waals surface area contributed by atoms with Gasteiger partial charge in [-0.25, -0.2) is 4.98 Å². The molecule has 1 N–H and O–H groups in total. The molecule has 0 atom stereocenters. The third-order valence-electron chi connectivity index (χ3n) is 2.48. The van der Waals surface area contributed by atoms with E-state index in [0.717, 1.165) is 30.5 Å². The first-order chi connectivity index (χ1) is 7.63. The fourth-order valence-electron chi connectivity index (χ4n) is 1.38. The molecule has 0 fully saturated rings. The van der Waals surface area contributed by atoms with E-state index in [1.54, 1.807) is 0 Å². The highest BCUT2D eigenvalue weighted by Crippen LogP contribution is 2.09. The van der Waals surface area contributed by atoms with Crippen LogP contribution in [-0.4, -0.2) is 30.6 Å². The Balaban J connectivity index is 2.52. The van der Waals surface area contributed by atoms with Gasteiger partial charge < -0.3 is 10.2 Å². The second kappa shape index (κ2) is 6.43. The summed E-state index contributed by atoms with van der Waals surface area (Å²) >= 11 is 0. The van der Waals surface area contributed by atoms with E-state index in [1.807, 2.05) is 19.4 Å². The van der Waals surface area contributed by atoms with Crippen LogP contribution in [0, 0.1) is 5.92 Å². The number of hydrogen-bond donors (Lipinski definition) is 1. The minimum Gasteiger partial charge on any atom is -0.358 e. The van der Waals surface area contributed by atoms with Crippen molar-refractivity contribution in [3.05, 3.63) is 18.1 Å². The molecule has 0 amide bonds. The Labute approximate surface area is 98.1 Å². The summed E-state index contributed by atoms with van der Waals surface area (Å²) in [5.41, 5.74) is 0.975. The van der Waals surface area contributed by atoms with Gasteiger partial charge in [-0.2, -0.15) is 0 Å². The molecule has 0 saturated carbocycles. The van der Waals surface area contributed by atoms with E-state index >= 15 is 0 Å². The highest BCUT2D eigenvalue weighted by molar-refractivity contribution is 5.34. The van der Waals surface area contributed by atoms with Crippen LogP contribution in [0.25, 0.3) is 0 Å². The van der Waals surface area contributed by atoms with Crippen molar-refractivity contribution in [1.29, 1.82) is 0 Å². The van der Waals surface area contributed by atoms with Crippen molar-refractivity contribution in [3.8, 4) is 0 Å². The molecule has 0 radical (unpaired) electrons. The fraction of sp³-hybridized carbons (Fsp3) is 0.667. The summed E-state index contributed by atoms with van der Waals surface area (Å²) in [4.78, 5) is 10.9. The largest absolute Gasteiger partial charge is 0.358 e. The molecule has 16 heavy (non-hydrogen) atoms. The lowest BCUT2D eigenvalue weighted by molar-refractivity contribution is 0.583. The molecule has 1 aromatic heterocycles. The van der Waals surface area contributed by atoms with Gasteiger partial charge in [-0.15, -0.1) is 0 Å². The van der Waals surface area contributed by atoms with Crippen LogP contribution in [0.2, 0.25) is 0 Å². The average molecular weight is 222 g/mol. The maximum Gasteiger partial charge on any atom is 0.146 e. The minimum atomic E-state index is 0.721. The Kier molecular flexibility index (Phi) is 5.19. The predicted molar refractivity (Wildman–Crippen MR) is 67.5 cm³/mol. The van der Waals surface area contributed by atoms with Gasteiger partial charge in [0.2, 0.25) is 0 Å². The molecule has 0 aliphatic rings. The zero-order valence-corrected chi connectivity index (χ0v) is 10.7. The van der Waals surface area contributed by atoms with Crippen LogP contribution in [0.15, 0.2) is 12.4 Å². The molecule has 4 heteroatoms. The SMILES string of the molecule is CNCc1cnc(N(C)CCC(C)C)cn1. The molecular formula is C12H22N4. The van der Waals surface area contributed by atoms with Gasteiger partial charge in [0.1, 0.15) is 5.82 Å². The summed E-state index contributed by atoms with van der Waals surface area (Å²) in [6, 6.07) is 0. The monoisotopic (exact) mass is 222 g/mol. The number of nitrogens with one attached hydrogen (secondary N) is 1. The van der Waals surface area contributed by atoms with Crippen molar-refractivity contribution in [1.82, 2.24) is 15.3 Å². The summed E-state index contributed by atoms with van der Waals surface area (Å²) in [6.07, 6.45) is 4.85. The summed E-state index contributed by atoms with van der Waals surface area (Å²) in [7, 11) is 3.97. The second-order valence-electron chi connectivity index (χ2n) is 4.50. The summed E-state index contributed by atoms with van der Waals surface area (Å²) < 4.78 is 0. The maximum atomic E-state index is 4.40. The number of aromatic nitrogens is 2. The van der Waals surface area contributed by atoms with Gasteiger partial charge in [-0.3, -0.25) is 4.98 Å². The molecule has 0 aliphatic heterocycles. The van der Waals surface area contributed by atoms with Crippen LogP contribution in [-0.2, 0) is 6.54 Å². The van der Waals surface area contributed by atoms with Crippen molar-refractivity contribution < 1.29 is 0 Å². The fourth-order valence-corrected chi connectivity index (χ4v) is 1.38. The van der Waals surface area contributed by atoms with Gasteiger partial charge >= 0.3 is 0 Å². The quantitative estimate of drug-likeness (QED) is 0.795. The number of rotatable bonds is 6. The third kappa shape index (κ3) is 4.14. The lowest BCUT2D eigenvalue weighted by Crippen LogP contribution is -2.21. The molecule has 0 bridgehead atoms. The number of hydrogen-bond acceptors (Lipinski definition) is 4. The molecule has 90 valence electrons. The summed E-state index contributed by atoms with van der Waals surface area (Å²) in [6.45, 7) is 6.26. The van der Waals surface area contributed by atoms with E-state index in [9.17, 15) is 0 Å². The molecular weight excluding hydrogens is 200 g/mol. The van der Waals surface area contributed by atoms with Crippen molar-refractivity contribution >= 4 is 5.82 Å². The zero-order valence-electron chi connectivity index (χ0n) is 10.7. The van der Waals surface area contributed by atoms with E-state index in [2.05, 4.69) is 41.1 Å². The Bertz CT molecular complexity index is 294. The van der Waals surface area contributed by atoms with Gasteiger partial charge in [-0.05, 0) is 19.4 Å². The lowest BCUT2D eigenvalue weighted by atomic mass is 10.1. The maximum absolute atomic E-state index is 4.40. The molecule has 1 rings (SSSR count). The van der Waals surface area contributed by atoms with Crippen LogP contribution >= 0.6 is 0 Å². The lowest BCUT2D eigenvalue weighted by Gasteiger charge is -2.18. The summed E-state index contributed by atoms with van der Waals surface area (Å²) in [5, 5.41) is 3.06. The van der Waals surface area contributed by atoms with E-state index in [4.69, 9.17) is 0 Å². The van der Waals surface area contributed by atoms with Crippen LogP contribution in [0.3, 0.4) is 0 Å². The van der Waals surface area contributed by atoms with Gasteiger partial charge in [-0.1, -0.05) is 13.8 Å². The first-order valence-corrected chi connectivity index (χ1v) is 5.80. The highest BCUT2D eigenvalue weighted by Gasteiger charge is 2.04. The molecule has 1 heterocycles. The predicted octanol–water partition coefficient (Wildman–Crippen LogP) is 1.68. The molecule has 1 aromatic rings. The van der Waals surface area contributed by atoms with Gasteiger partial charge in [0, 0.05) is 20.1 Å². The standard InChI is InChI=1S/C12H22N4/c1-10(2)5-6-16(4)12-9-14-11(7-13-3)8-15-12/h8-10,13H,5-7H2,1-4H3. The van der Waals surface area contributed by atoms with Crippen molar-refractivity contribution in [2.24, 2.45) is 5.92 Å². The van der Waals surface area contributed by atoms with Gasteiger partial charge in [0.25, 0.3) is 0 Å². The van der Waals surface area contributed by atoms with Crippen LogP contribution in [0.1, 0.15) is 26.0 Å². The number of nitrogens with zero attached hydrogens (tertiary/aromatic N) is 3. The Morgan fingerprint density at radius 2 is 2.06 bits per heavy atom. The van der Waals surface area contributed by atoms with E-state index in [-0.39, 0.29) is 0 Å². The van der Waals surface area contributed by atoms with E-state index in [1.165, 1.54) is 6.42 Å². The average Bonchev–Trinajstić information content (AvgIpc) is 2.27. The molecule has 0 unspecified atom stereocenters. The smallest absolute Gasteiger partial charge is 0.146 e. The van der Waals surface area contributed by atoms with Gasteiger partial charge in [0.05, 0.1) is 18.1 Å². The third-order valence-corrected chi connectivity index (χ3v) is 2.48. The molecule has 0 aliphatic carbocycles. The molecule has 4 nitrogen and oxygen atoms in total.